The predicted octanol–water partition coefficient (Wildman–Crippen LogP) is 2.10. The van der Waals surface area contributed by atoms with E-state index in [1.54, 1.807) is 22.8 Å². The number of amides is 1. The Bertz CT molecular complexity index is 821. The fourth-order valence-corrected chi connectivity index (χ4v) is 2.87. The zero-order chi connectivity index (χ0) is 16.8. The standard InChI is InChI=1S/C16H16FN5OS/c17-13-3-5-14(6-4-13)24-10-15(23)18-7-1-2-12-8-19-16-20-11-21-22(16)9-12/h3-6,8-9,11H,1-2,7,10H2,(H,18,23). The largest absolute Gasteiger partial charge is 0.355 e. The van der Waals surface area contributed by atoms with Gasteiger partial charge in [-0.2, -0.15) is 10.1 Å². The van der Waals surface area contributed by atoms with Crippen molar-refractivity contribution in [1.29, 1.82) is 0 Å². The highest BCUT2D eigenvalue weighted by molar-refractivity contribution is 8.00. The molecule has 2 aromatic heterocycles. The van der Waals surface area contributed by atoms with E-state index in [0.29, 0.717) is 18.1 Å². The molecule has 0 fully saturated rings. The molecule has 2 heterocycles. The van der Waals surface area contributed by atoms with Crippen molar-refractivity contribution in [1.82, 2.24) is 24.9 Å². The van der Waals surface area contributed by atoms with E-state index in [4.69, 9.17) is 0 Å². The van der Waals surface area contributed by atoms with E-state index < -0.39 is 0 Å². The van der Waals surface area contributed by atoms with Crippen molar-refractivity contribution in [2.45, 2.75) is 17.7 Å². The molecule has 1 amide bonds. The Morgan fingerprint density at radius 3 is 2.92 bits per heavy atom. The van der Waals surface area contributed by atoms with Crippen molar-refractivity contribution >= 4 is 23.4 Å². The highest BCUT2D eigenvalue weighted by atomic mass is 32.2. The maximum atomic E-state index is 12.8. The van der Waals surface area contributed by atoms with Crippen LogP contribution in [0.2, 0.25) is 0 Å². The lowest BCUT2D eigenvalue weighted by atomic mass is 10.2. The number of hydrogen-bond acceptors (Lipinski definition) is 5. The molecule has 0 unspecified atom stereocenters. The highest BCUT2D eigenvalue weighted by Gasteiger charge is 2.04. The van der Waals surface area contributed by atoms with Crippen molar-refractivity contribution in [3.8, 4) is 0 Å². The van der Waals surface area contributed by atoms with Crippen LogP contribution in [0, 0.1) is 5.82 Å². The summed E-state index contributed by atoms with van der Waals surface area (Å²) in [4.78, 5) is 20.9. The van der Waals surface area contributed by atoms with Gasteiger partial charge in [-0.25, -0.2) is 13.9 Å². The van der Waals surface area contributed by atoms with E-state index in [2.05, 4.69) is 20.4 Å². The number of thioether (sulfide) groups is 1. The Labute approximate surface area is 142 Å². The van der Waals surface area contributed by atoms with E-state index in [-0.39, 0.29) is 11.7 Å². The summed E-state index contributed by atoms with van der Waals surface area (Å²) in [5.74, 6) is 0.583. The van der Waals surface area contributed by atoms with Crippen molar-refractivity contribution in [2.75, 3.05) is 12.3 Å². The first-order valence-corrected chi connectivity index (χ1v) is 8.48. The molecule has 0 atom stereocenters. The molecule has 0 saturated carbocycles. The number of carbonyl (C=O) groups is 1. The molecule has 1 aromatic carbocycles. The molecule has 0 saturated heterocycles. The summed E-state index contributed by atoms with van der Waals surface area (Å²) >= 11 is 1.39. The molecule has 0 aliphatic rings. The number of carbonyl (C=O) groups excluding carboxylic acids is 1. The maximum Gasteiger partial charge on any atom is 0.252 e. The molecule has 1 N–H and O–H groups in total. The third kappa shape index (κ3) is 4.51. The smallest absolute Gasteiger partial charge is 0.252 e. The predicted molar refractivity (Wildman–Crippen MR) is 89.2 cm³/mol. The summed E-state index contributed by atoms with van der Waals surface area (Å²) in [6.07, 6.45) is 6.74. The van der Waals surface area contributed by atoms with E-state index in [1.807, 2.05) is 6.20 Å². The van der Waals surface area contributed by atoms with Gasteiger partial charge in [-0.3, -0.25) is 4.79 Å². The number of aromatic nitrogens is 4. The van der Waals surface area contributed by atoms with Gasteiger partial charge in [-0.05, 0) is 42.7 Å². The van der Waals surface area contributed by atoms with E-state index in [1.165, 1.54) is 30.2 Å². The minimum atomic E-state index is -0.276. The molecule has 3 aromatic rings. The number of benzene rings is 1. The van der Waals surface area contributed by atoms with Gasteiger partial charge in [0.25, 0.3) is 5.78 Å². The van der Waals surface area contributed by atoms with Gasteiger partial charge < -0.3 is 5.32 Å². The Balaban J connectivity index is 1.36. The third-order valence-corrected chi connectivity index (χ3v) is 4.35. The first kappa shape index (κ1) is 16.4. The van der Waals surface area contributed by atoms with Crippen molar-refractivity contribution in [3.05, 3.63) is 54.4 Å². The van der Waals surface area contributed by atoms with Crippen LogP contribution in [0.5, 0.6) is 0 Å². The normalized spacial score (nSPS) is 10.9. The first-order chi connectivity index (χ1) is 11.7. The lowest BCUT2D eigenvalue weighted by Crippen LogP contribution is -2.26. The number of nitrogens with zero attached hydrogens (tertiary/aromatic N) is 4. The molecular weight excluding hydrogens is 329 g/mol. The molecule has 3 rings (SSSR count). The molecule has 24 heavy (non-hydrogen) atoms. The van der Waals surface area contributed by atoms with Crippen LogP contribution in [0.15, 0.2) is 47.9 Å². The third-order valence-electron chi connectivity index (χ3n) is 3.34. The zero-order valence-electron chi connectivity index (χ0n) is 12.9. The summed E-state index contributed by atoms with van der Waals surface area (Å²) in [5, 5.41) is 6.92. The molecule has 8 heteroatoms. The SMILES string of the molecule is O=C(CSc1ccc(F)cc1)NCCCc1cnc2ncnn2c1. The number of rotatable bonds is 7. The Kier molecular flexibility index (Phi) is 5.37. The van der Waals surface area contributed by atoms with Gasteiger partial charge in [0.2, 0.25) is 5.91 Å². The number of nitrogens with one attached hydrogen (secondary N) is 1. The van der Waals surface area contributed by atoms with Crippen molar-refractivity contribution in [2.24, 2.45) is 0 Å². The first-order valence-electron chi connectivity index (χ1n) is 7.50. The summed E-state index contributed by atoms with van der Waals surface area (Å²) in [5.41, 5.74) is 1.04. The van der Waals surface area contributed by atoms with Gasteiger partial charge in [-0.15, -0.1) is 11.8 Å². The lowest BCUT2D eigenvalue weighted by Gasteiger charge is -2.05. The van der Waals surface area contributed by atoms with Crippen LogP contribution in [0.4, 0.5) is 4.39 Å². The molecular formula is C16H16FN5OS. The number of hydrogen-bond donors (Lipinski definition) is 1. The van der Waals surface area contributed by atoms with Crippen LogP contribution in [-0.4, -0.2) is 37.8 Å². The number of fused-ring (bicyclic) bond motifs is 1. The van der Waals surface area contributed by atoms with Crippen LogP contribution in [0.25, 0.3) is 5.78 Å². The average molecular weight is 345 g/mol. The molecule has 0 radical (unpaired) electrons. The van der Waals surface area contributed by atoms with Gasteiger partial charge in [0.05, 0.1) is 5.75 Å². The average Bonchev–Trinajstić information content (AvgIpc) is 3.06. The maximum absolute atomic E-state index is 12.8. The Morgan fingerprint density at radius 2 is 2.08 bits per heavy atom. The summed E-state index contributed by atoms with van der Waals surface area (Å²) < 4.78 is 14.4. The van der Waals surface area contributed by atoms with Crippen LogP contribution in [-0.2, 0) is 11.2 Å². The van der Waals surface area contributed by atoms with E-state index in [0.717, 1.165) is 23.3 Å². The summed E-state index contributed by atoms with van der Waals surface area (Å²) in [7, 11) is 0. The van der Waals surface area contributed by atoms with Crippen LogP contribution >= 0.6 is 11.8 Å². The van der Waals surface area contributed by atoms with Gasteiger partial charge in [0, 0.05) is 23.8 Å². The van der Waals surface area contributed by atoms with Crippen molar-refractivity contribution in [3.63, 3.8) is 0 Å². The van der Waals surface area contributed by atoms with Gasteiger partial charge in [-0.1, -0.05) is 0 Å². The minimum Gasteiger partial charge on any atom is -0.355 e. The monoisotopic (exact) mass is 345 g/mol. The van der Waals surface area contributed by atoms with E-state index in [9.17, 15) is 9.18 Å². The summed E-state index contributed by atoms with van der Waals surface area (Å²) in [6, 6.07) is 6.11. The van der Waals surface area contributed by atoms with Gasteiger partial charge >= 0.3 is 0 Å². The number of halogens is 1. The van der Waals surface area contributed by atoms with Gasteiger partial charge in [0.15, 0.2) is 0 Å². The lowest BCUT2D eigenvalue weighted by molar-refractivity contribution is -0.118. The molecule has 124 valence electrons. The van der Waals surface area contributed by atoms with E-state index >= 15 is 0 Å². The minimum absolute atomic E-state index is 0.0332. The second-order valence-electron chi connectivity index (χ2n) is 5.16. The highest BCUT2D eigenvalue weighted by Crippen LogP contribution is 2.17. The molecule has 0 aliphatic heterocycles. The van der Waals surface area contributed by atoms with Gasteiger partial charge in [0.1, 0.15) is 12.1 Å². The van der Waals surface area contributed by atoms with Crippen LogP contribution < -0.4 is 5.32 Å². The molecule has 6 nitrogen and oxygen atoms in total. The topological polar surface area (TPSA) is 72.2 Å². The molecule has 0 spiro atoms. The van der Waals surface area contributed by atoms with Crippen LogP contribution in [0.3, 0.4) is 0 Å². The molecule has 0 aliphatic carbocycles. The number of aryl methyl sites for hydroxylation is 1. The summed E-state index contributed by atoms with van der Waals surface area (Å²) in [6.45, 7) is 0.595. The second-order valence-corrected chi connectivity index (χ2v) is 6.21. The Morgan fingerprint density at radius 1 is 1.25 bits per heavy atom. The fourth-order valence-electron chi connectivity index (χ4n) is 2.14. The Hall–Kier alpha value is -2.48. The van der Waals surface area contributed by atoms with Crippen LogP contribution in [0.1, 0.15) is 12.0 Å². The van der Waals surface area contributed by atoms with Crippen molar-refractivity contribution < 1.29 is 9.18 Å². The second kappa shape index (κ2) is 7.87. The zero-order valence-corrected chi connectivity index (χ0v) is 13.7. The quantitative estimate of drug-likeness (QED) is 0.524. The molecule has 0 bridgehead atoms. The fraction of sp³-hybridized carbons (Fsp3) is 0.250.